The fourth-order valence-electron chi connectivity index (χ4n) is 5.89. The van der Waals surface area contributed by atoms with Gasteiger partial charge < -0.3 is 14.7 Å². The van der Waals surface area contributed by atoms with E-state index in [1.165, 1.54) is 12.3 Å². The van der Waals surface area contributed by atoms with E-state index in [2.05, 4.69) is 4.98 Å². The summed E-state index contributed by atoms with van der Waals surface area (Å²) < 4.78 is 50.1. The molecule has 4 atom stereocenters. The van der Waals surface area contributed by atoms with Crippen LogP contribution in [0.3, 0.4) is 0 Å². The summed E-state index contributed by atoms with van der Waals surface area (Å²) >= 11 is 12.6. The van der Waals surface area contributed by atoms with Gasteiger partial charge >= 0.3 is 5.97 Å². The third kappa shape index (κ3) is 6.28. The number of benzene rings is 2. The van der Waals surface area contributed by atoms with Gasteiger partial charge in [-0.1, -0.05) is 47.5 Å². The number of pyridine rings is 1. The molecule has 1 amide bonds. The standard InChI is InChI=1S/C31H30Cl2FN3O6S/c32-21-10-8-19(9-11-21)28-29(20-3-1-4-22(33)15-20)43-26(16-27(38)39)31(40)37(28)25(18-6-7-18)17-36(44(41,42)23-12-13-23)30-24(34)5-2-14-35-30/h1-5,8-11,14-15,18,23,25-26,28-29H,6-7,12-13,16-17H2,(H,38,39)/t25?,26-,28+,29?/m0/s1. The van der Waals surface area contributed by atoms with E-state index in [0.29, 0.717) is 46.9 Å². The normalized spacial score (nSPS) is 22.9. The second-order valence-corrected chi connectivity index (χ2v) is 14.4. The highest BCUT2D eigenvalue weighted by molar-refractivity contribution is 7.93. The molecule has 2 unspecified atom stereocenters. The van der Waals surface area contributed by atoms with Crippen molar-refractivity contribution in [1.82, 2.24) is 9.88 Å². The quantitative estimate of drug-likeness (QED) is 0.276. The maximum atomic E-state index is 15.2. The van der Waals surface area contributed by atoms with Crippen molar-refractivity contribution in [3.05, 3.63) is 93.8 Å². The number of halogens is 3. The zero-order valence-electron chi connectivity index (χ0n) is 23.4. The van der Waals surface area contributed by atoms with Crippen LogP contribution in [0.15, 0.2) is 66.9 Å². The lowest BCUT2D eigenvalue weighted by atomic mass is 9.89. The minimum absolute atomic E-state index is 0.124. The van der Waals surface area contributed by atoms with Crippen LogP contribution in [0.1, 0.15) is 55.4 Å². The number of sulfonamides is 1. The smallest absolute Gasteiger partial charge is 0.306 e. The molecule has 1 aliphatic heterocycles. The molecule has 2 aliphatic carbocycles. The zero-order valence-corrected chi connectivity index (χ0v) is 25.8. The molecule has 0 bridgehead atoms. The van der Waals surface area contributed by atoms with Crippen LogP contribution >= 0.6 is 23.2 Å². The zero-order chi connectivity index (χ0) is 31.2. The predicted octanol–water partition coefficient (Wildman–Crippen LogP) is 5.79. The number of anilines is 1. The molecule has 6 rings (SSSR count). The summed E-state index contributed by atoms with van der Waals surface area (Å²) in [6.45, 7) is -0.255. The Morgan fingerprint density at radius 3 is 2.39 bits per heavy atom. The third-order valence-electron chi connectivity index (χ3n) is 8.28. The molecular formula is C31H30Cl2FN3O6S. The number of amides is 1. The maximum absolute atomic E-state index is 15.2. The summed E-state index contributed by atoms with van der Waals surface area (Å²) in [5.74, 6) is -3.07. The van der Waals surface area contributed by atoms with Gasteiger partial charge in [0.2, 0.25) is 10.0 Å². The monoisotopic (exact) mass is 661 g/mol. The van der Waals surface area contributed by atoms with Gasteiger partial charge in [0.25, 0.3) is 5.91 Å². The molecule has 2 saturated carbocycles. The average molecular weight is 663 g/mol. The second kappa shape index (κ2) is 12.3. The van der Waals surface area contributed by atoms with Crippen molar-refractivity contribution in [2.24, 2.45) is 5.92 Å². The van der Waals surface area contributed by atoms with Gasteiger partial charge in [-0.3, -0.25) is 9.59 Å². The molecule has 3 aromatic rings. The molecule has 1 N–H and O–H groups in total. The number of morpholine rings is 1. The van der Waals surface area contributed by atoms with Gasteiger partial charge in [0.1, 0.15) is 12.2 Å². The van der Waals surface area contributed by atoms with E-state index >= 15 is 4.39 Å². The highest BCUT2D eigenvalue weighted by atomic mass is 35.5. The van der Waals surface area contributed by atoms with Crippen LogP contribution in [0.5, 0.6) is 0 Å². The van der Waals surface area contributed by atoms with Crippen LogP contribution in [0.2, 0.25) is 10.0 Å². The number of ether oxygens (including phenoxy) is 1. The molecule has 2 heterocycles. The molecule has 9 nitrogen and oxygen atoms in total. The van der Waals surface area contributed by atoms with Gasteiger partial charge in [0, 0.05) is 16.2 Å². The van der Waals surface area contributed by atoms with Gasteiger partial charge in [-0.15, -0.1) is 0 Å². The van der Waals surface area contributed by atoms with E-state index in [4.69, 9.17) is 27.9 Å². The van der Waals surface area contributed by atoms with Crippen LogP contribution < -0.4 is 4.31 Å². The van der Waals surface area contributed by atoms with Crippen molar-refractivity contribution in [2.75, 3.05) is 10.8 Å². The summed E-state index contributed by atoms with van der Waals surface area (Å²) in [6.07, 6.45) is 0.807. The van der Waals surface area contributed by atoms with Gasteiger partial charge in [0.05, 0.1) is 30.3 Å². The molecule has 44 heavy (non-hydrogen) atoms. The predicted molar refractivity (Wildman–Crippen MR) is 162 cm³/mol. The van der Waals surface area contributed by atoms with Crippen LogP contribution in [0.4, 0.5) is 10.2 Å². The summed E-state index contributed by atoms with van der Waals surface area (Å²) in [6, 6.07) is 14.7. The summed E-state index contributed by atoms with van der Waals surface area (Å²) in [5, 5.41) is 9.94. The average Bonchev–Trinajstić information content (AvgIpc) is 3.89. The summed E-state index contributed by atoms with van der Waals surface area (Å²) in [4.78, 5) is 31.9. The Labute approximate surface area is 264 Å². The molecule has 13 heteroatoms. The molecule has 232 valence electrons. The minimum atomic E-state index is -4.02. The van der Waals surface area contributed by atoms with Gasteiger partial charge in [-0.25, -0.2) is 22.1 Å². The van der Waals surface area contributed by atoms with Gasteiger partial charge in [-0.2, -0.15) is 0 Å². The van der Waals surface area contributed by atoms with E-state index in [1.54, 1.807) is 53.4 Å². The maximum Gasteiger partial charge on any atom is 0.306 e. The molecule has 3 fully saturated rings. The van der Waals surface area contributed by atoms with Crippen molar-refractivity contribution < 1.29 is 32.2 Å². The number of aromatic nitrogens is 1. The second-order valence-electron chi connectivity index (χ2n) is 11.4. The third-order valence-corrected chi connectivity index (χ3v) is 11.0. The number of carboxylic acids is 1. The largest absolute Gasteiger partial charge is 0.481 e. The number of nitrogens with zero attached hydrogens (tertiary/aromatic N) is 3. The topological polar surface area (TPSA) is 117 Å². The first-order valence-electron chi connectivity index (χ1n) is 14.4. The molecule has 0 radical (unpaired) electrons. The van der Waals surface area contributed by atoms with Crippen molar-refractivity contribution in [3.8, 4) is 0 Å². The fraction of sp³-hybridized carbons (Fsp3) is 0.387. The summed E-state index contributed by atoms with van der Waals surface area (Å²) in [5.41, 5.74) is 1.26. The first kappa shape index (κ1) is 30.8. The van der Waals surface area contributed by atoms with E-state index in [9.17, 15) is 23.1 Å². The van der Waals surface area contributed by atoms with E-state index in [-0.39, 0.29) is 18.3 Å². The van der Waals surface area contributed by atoms with E-state index < -0.39 is 63.7 Å². The van der Waals surface area contributed by atoms with Gasteiger partial charge in [-0.05, 0) is 79.1 Å². The van der Waals surface area contributed by atoms with Crippen molar-refractivity contribution in [2.45, 2.75) is 61.6 Å². The molecule has 3 aliphatic rings. The Hall–Kier alpha value is -3.25. The van der Waals surface area contributed by atoms with E-state index in [0.717, 1.165) is 10.4 Å². The number of hydrogen-bond acceptors (Lipinski definition) is 6. The van der Waals surface area contributed by atoms with Crippen LogP contribution in [-0.4, -0.2) is 59.2 Å². The number of carbonyl (C=O) groups is 2. The highest BCUT2D eigenvalue weighted by Crippen LogP contribution is 2.49. The Bertz CT molecular complexity index is 1670. The number of carboxylic acid groups (broad SMARTS) is 1. The molecular weight excluding hydrogens is 632 g/mol. The Balaban J connectivity index is 1.51. The molecule has 1 saturated heterocycles. The number of hydrogen-bond donors (Lipinski definition) is 1. The Morgan fingerprint density at radius 1 is 1.05 bits per heavy atom. The van der Waals surface area contributed by atoms with Crippen LogP contribution in [0.25, 0.3) is 0 Å². The number of rotatable bonds is 11. The minimum Gasteiger partial charge on any atom is -0.481 e. The molecule has 2 aromatic carbocycles. The lowest BCUT2D eigenvalue weighted by Crippen LogP contribution is -2.59. The SMILES string of the molecule is O=C(O)C[C@@H]1OC(c2cccc(Cl)c2)[C@@H](c2ccc(Cl)cc2)N(C(CN(c2ncccc2F)S(=O)(=O)C2CC2)C2CC2)C1=O. The Morgan fingerprint density at radius 2 is 1.77 bits per heavy atom. The Kier molecular flexibility index (Phi) is 8.58. The van der Waals surface area contributed by atoms with Crippen LogP contribution in [0, 0.1) is 11.7 Å². The molecule has 0 spiro atoms. The lowest BCUT2D eigenvalue weighted by Gasteiger charge is -2.49. The fourth-order valence-corrected chi connectivity index (χ4v) is 8.05. The van der Waals surface area contributed by atoms with Crippen molar-refractivity contribution in [1.29, 1.82) is 0 Å². The number of carbonyl (C=O) groups excluding carboxylic acids is 1. The van der Waals surface area contributed by atoms with Gasteiger partial charge in [0.15, 0.2) is 11.6 Å². The highest BCUT2D eigenvalue weighted by Gasteiger charge is 2.52. The summed E-state index contributed by atoms with van der Waals surface area (Å²) in [7, 11) is -4.02. The first-order chi connectivity index (χ1) is 21.0. The molecule has 1 aromatic heterocycles. The van der Waals surface area contributed by atoms with E-state index in [1.807, 2.05) is 0 Å². The van der Waals surface area contributed by atoms with Crippen LogP contribution in [-0.2, 0) is 24.3 Å². The lowest BCUT2D eigenvalue weighted by molar-refractivity contribution is -0.183. The number of aliphatic carboxylic acids is 1. The van der Waals surface area contributed by atoms with Crippen molar-refractivity contribution >= 4 is 50.9 Å². The first-order valence-corrected chi connectivity index (χ1v) is 16.6. The van der Waals surface area contributed by atoms with Crippen molar-refractivity contribution in [3.63, 3.8) is 0 Å².